The minimum Gasteiger partial charge on any atom is -0.316 e. The van der Waals surface area contributed by atoms with Crippen LogP contribution in [0.5, 0.6) is 0 Å². The zero-order chi connectivity index (χ0) is 14.8. The topological polar surface area (TPSA) is 12.0 Å². The highest BCUT2D eigenvalue weighted by Crippen LogP contribution is 2.38. The first kappa shape index (κ1) is 14.5. The van der Waals surface area contributed by atoms with Gasteiger partial charge in [-0.2, -0.15) is 0 Å². The summed E-state index contributed by atoms with van der Waals surface area (Å²) in [5.74, 6) is -0.309. The van der Waals surface area contributed by atoms with Gasteiger partial charge in [-0.05, 0) is 60.3 Å². The second-order valence-electron chi connectivity index (χ2n) is 5.46. The summed E-state index contributed by atoms with van der Waals surface area (Å²) in [4.78, 5) is 0. The van der Waals surface area contributed by atoms with Crippen LogP contribution in [0.3, 0.4) is 0 Å². The first-order valence-corrected chi connectivity index (χ1v) is 7.43. The van der Waals surface area contributed by atoms with Crippen molar-refractivity contribution >= 4 is 11.6 Å². The molecule has 1 saturated heterocycles. The fourth-order valence-electron chi connectivity index (χ4n) is 3.13. The van der Waals surface area contributed by atoms with Gasteiger partial charge >= 0.3 is 0 Å². The van der Waals surface area contributed by atoms with E-state index >= 15 is 0 Å². The number of rotatable bonds is 2. The average molecular weight is 308 g/mol. The van der Waals surface area contributed by atoms with Gasteiger partial charge in [-0.1, -0.05) is 23.7 Å². The van der Waals surface area contributed by atoms with Crippen molar-refractivity contribution in [3.63, 3.8) is 0 Å². The van der Waals surface area contributed by atoms with Gasteiger partial charge in [0.15, 0.2) is 0 Å². The fourth-order valence-corrected chi connectivity index (χ4v) is 3.36. The second-order valence-corrected chi connectivity index (χ2v) is 5.90. The van der Waals surface area contributed by atoms with Crippen LogP contribution < -0.4 is 5.32 Å². The van der Waals surface area contributed by atoms with E-state index in [0.29, 0.717) is 5.02 Å². The van der Waals surface area contributed by atoms with E-state index in [4.69, 9.17) is 11.6 Å². The van der Waals surface area contributed by atoms with Crippen LogP contribution in [0.1, 0.15) is 29.4 Å². The molecule has 0 aromatic heterocycles. The lowest BCUT2D eigenvalue weighted by Gasteiger charge is -2.33. The Morgan fingerprint density at radius 1 is 0.952 bits per heavy atom. The van der Waals surface area contributed by atoms with Crippen LogP contribution in [0.2, 0.25) is 5.02 Å². The highest BCUT2D eigenvalue weighted by Gasteiger charge is 2.28. The predicted octanol–water partition coefficient (Wildman–Crippen LogP) is 4.48. The van der Waals surface area contributed by atoms with Crippen molar-refractivity contribution in [3.8, 4) is 0 Å². The molecule has 2 atom stereocenters. The van der Waals surface area contributed by atoms with Crippen LogP contribution in [-0.2, 0) is 0 Å². The van der Waals surface area contributed by atoms with Gasteiger partial charge in [-0.3, -0.25) is 0 Å². The lowest BCUT2D eigenvalue weighted by Crippen LogP contribution is -2.34. The molecule has 2 aromatic carbocycles. The second kappa shape index (κ2) is 6.12. The third-order valence-electron chi connectivity index (χ3n) is 4.07. The van der Waals surface area contributed by atoms with Gasteiger partial charge in [0.1, 0.15) is 11.6 Å². The summed E-state index contributed by atoms with van der Waals surface area (Å²) in [6.07, 6.45) is 0.876. The van der Waals surface area contributed by atoms with Crippen LogP contribution in [-0.4, -0.2) is 13.1 Å². The zero-order valence-electron chi connectivity index (χ0n) is 11.5. The monoisotopic (exact) mass is 307 g/mol. The van der Waals surface area contributed by atoms with Crippen molar-refractivity contribution in [1.82, 2.24) is 5.32 Å². The smallest absolute Gasteiger partial charge is 0.124 e. The Bertz CT molecular complexity index is 624. The molecule has 0 radical (unpaired) electrons. The van der Waals surface area contributed by atoms with E-state index in [1.807, 2.05) is 12.1 Å². The van der Waals surface area contributed by atoms with E-state index in [0.717, 1.165) is 30.6 Å². The summed E-state index contributed by atoms with van der Waals surface area (Å²) >= 11 is 5.97. The van der Waals surface area contributed by atoms with Crippen molar-refractivity contribution in [2.75, 3.05) is 13.1 Å². The first-order valence-electron chi connectivity index (χ1n) is 7.05. The maximum atomic E-state index is 13.6. The quantitative estimate of drug-likeness (QED) is 0.862. The van der Waals surface area contributed by atoms with Gasteiger partial charge < -0.3 is 5.32 Å². The SMILES string of the molecule is Fc1cc(Cl)cc(C2CCNCC2c2cccc(F)c2)c1. The van der Waals surface area contributed by atoms with Crippen LogP contribution >= 0.6 is 11.6 Å². The van der Waals surface area contributed by atoms with E-state index in [1.165, 1.54) is 18.2 Å². The van der Waals surface area contributed by atoms with E-state index in [2.05, 4.69) is 5.32 Å². The van der Waals surface area contributed by atoms with E-state index in [-0.39, 0.29) is 23.5 Å². The number of piperidine rings is 1. The predicted molar refractivity (Wildman–Crippen MR) is 80.8 cm³/mol. The molecule has 0 bridgehead atoms. The zero-order valence-corrected chi connectivity index (χ0v) is 12.2. The van der Waals surface area contributed by atoms with Crippen LogP contribution in [0, 0.1) is 11.6 Å². The molecule has 110 valence electrons. The summed E-state index contributed by atoms with van der Waals surface area (Å²) in [7, 11) is 0. The lowest BCUT2D eigenvalue weighted by molar-refractivity contribution is 0.402. The molecule has 0 aliphatic carbocycles. The van der Waals surface area contributed by atoms with Crippen molar-refractivity contribution in [1.29, 1.82) is 0 Å². The molecule has 2 aromatic rings. The molecule has 0 saturated carbocycles. The van der Waals surface area contributed by atoms with Crippen molar-refractivity contribution in [2.45, 2.75) is 18.3 Å². The average Bonchev–Trinajstić information content (AvgIpc) is 2.46. The van der Waals surface area contributed by atoms with Crippen LogP contribution in [0.25, 0.3) is 0 Å². The summed E-state index contributed by atoms with van der Waals surface area (Å²) in [6.45, 7) is 1.62. The van der Waals surface area contributed by atoms with Gasteiger partial charge in [0.05, 0.1) is 0 Å². The Morgan fingerprint density at radius 3 is 2.52 bits per heavy atom. The van der Waals surface area contributed by atoms with Gasteiger partial charge in [-0.15, -0.1) is 0 Å². The van der Waals surface area contributed by atoms with Gasteiger partial charge in [-0.25, -0.2) is 8.78 Å². The maximum absolute atomic E-state index is 13.6. The summed E-state index contributed by atoms with van der Waals surface area (Å²) in [5, 5.41) is 3.74. The molecule has 1 N–H and O–H groups in total. The molecule has 3 rings (SSSR count). The number of benzene rings is 2. The summed E-state index contributed by atoms with van der Waals surface area (Å²) in [5.41, 5.74) is 1.82. The summed E-state index contributed by atoms with van der Waals surface area (Å²) in [6, 6.07) is 11.3. The fraction of sp³-hybridized carbons (Fsp3) is 0.294. The molecule has 1 heterocycles. The molecular weight excluding hydrogens is 292 g/mol. The largest absolute Gasteiger partial charge is 0.316 e. The lowest BCUT2D eigenvalue weighted by atomic mass is 9.77. The Kier molecular flexibility index (Phi) is 4.22. The molecule has 4 heteroatoms. The van der Waals surface area contributed by atoms with Gasteiger partial charge in [0, 0.05) is 17.5 Å². The number of hydrogen-bond acceptors (Lipinski definition) is 1. The summed E-state index contributed by atoms with van der Waals surface area (Å²) < 4.78 is 27.1. The Balaban J connectivity index is 1.98. The van der Waals surface area contributed by atoms with Crippen molar-refractivity contribution in [2.24, 2.45) is 0 Å². The first-order chi connectivity index (χ1) is 10.1. The van der Waals surface area contributed by atoms with E-state index < -0.39 is 0 Å². The minimum atomic E-state index is -0.325. The molecule has 1 aliphatic rings. The molecule has 1 nitrogen and oxygen atoms in total. The highest BCUT2D eigenvalue weighted by atomic mass is 35.5. The molecule has 2 unspecified atom stereocenters. The van der Waals surface area contributed by atoms with Gasteiger partial charge in [0.25, 0.3) is 0 Å². The van der Waals surface area contributed by atoms with Crippen molar-refractivity contribution in [3.05, 3.63) is 70.2 Å². The number of nitrogens with one attached hydrogen (secondary N) is 1. The van der Waals surface area contributed by atoms with E-state index in [1.54, 1.807) is 12.1 Å². The van der Waals surface area contributed by atoms with Crippen molar-refractivity contribution < 1.29 is 8.78 Å². The molecule has 21 heavy (non-hydrogen) atoms. The Labute approximate surface area is 127 Å². The van der Waals surface area contributed by atoms with Crippen LogP contribution in [0.4, 0.5) is 8.78 Å². The van der Waals surface area contributed by atoms with Gasteiger partial charge in [0.2, 0.25) is 0 Å². The standard InChI is InChI=1S/C17H16ClF2N/c18-13-6-12(8-15(20)9-13)16-4-5-21-10-17(16)11-2-1-3-14(19)7-11/h1-3,6-9,16-17,21H,4-5,10H2. The molecule has 0 spiro atoms. The van der Waals surface area contributed by atoms with E-state index in [9.17, 15) is 8.78 Å². The third kappa shape index (κ3) is 3.25. The molecule has 1 aliphatic heterocycles. The third-order valence-corrected chi connectivity index (χ3v) is 4.29. The Hall–Kier alpha value is -1.45. The minimum absolute atomic E-state index is 0.118. The maximum Gasteiger partial charge on any atom is 0.124 e. The molecule has 0 amide bonds. The van der Waals surface area contributed by atoms with Crippen LogP contribution in [0.15, 0.2) is 42.5 Å². The normalized spacial score (nSPS) is 22.2. The Morgan fingerprint density at radius 2 is 1.76 bits per heavy atom. The highest BCUT2D eigenvalue weighted by molar-refractivity contribution is 6.30. The number of hydrogen-bond donors (Lipinski definition) is 1. The molecule has 1 fully saturated rings. The molecular formula is C17H16ClF2N. The number of halogens is 3.